The SMILES string of the molecule is C=C1Cc2c(cccc2C(=O)OC)N1.C=C1Cc2cc(C(=O)OC)ccc2N1.C=C1Cc2ccc(C(F)(F)F)cc2N1. The van der Waals surface area contributed by atoms with Gasteiger partial charge in [-0.2, -0.15) is 13.2 Å². The van der Waals surface area contributed by atoms with Crippen LogP contribution in [0.4, 0.5) is 30.2 Å². The summed E-state index contributed by atoms with van der Waals surface area (Å²) < 4.78 is 46.3. The van der Waals surface area contributed by atoms with E-state index in [1.165, 1.54) is 20.3 Å². The van der Waals surface area contributed by atoms with E-state index in [-0.39, 0.29) is 11.9 Å². The predicted molar refractivity (Wildman–Crippen MR) is 156 cm³/mol. The number of alkyl halides is 3. The molecule has 0 unspecified atom stereocenters. The van der Waals surface area contributed by atoms with Gasteiger partial charge < -0.3 is 25.4 Å². The van der Waals surface area contributed by atoms with Crippen molar-refractivity contribution in [1.82, 2.24) is 0 Å². The second kappa shape index (κ2) is 12.3. The summed E-state index contributed by atoms with van der Waals surface area (Å²) in [6, 6.07) is 14.7. The molecule has 0 saturated carbocycles. The molecule has 3 aromatic carbocycles. The summed E-state index contributed by atoms with van der Waals surface area (Å²) in [6.45, 7) is 11.3. The number of carbonyl (C=O) groups is 2. The van der Waals surface area contributed by atoms with E-state index in [0.29, 0.717) is 29.7 Å². The van der Waals surface area contributed by atoms with Crippen molar-refractivity contribution in [3.8, 4) is 0 Å². The molecule has 7 nitrogen and oxygen atoms in total. The predicted octanol–water partition coefficient (Wildman–Crippen LogP) is 7.10. The van der Waals surface area contributed by atoms with Gasteiger partial charge in [0.1, 0.15) is 0 Å². The minimum atomic E-state index is -4.28. The fourth-order valence-electron chi connectivity index (χ4n) is 4.70. The van der Waals surface area contributed by atoms with Crippen LogP contribution in [0.2, 0.25) is 0 Å². The van der Waals surface area contributed by atoms with Crippen molar-refractivity contribution < 1.29 is 32.2 Å². The van der Waals surface area contributed by atoms with Crippen molar-refractivity contribution in [3.63, 3.8) is 0 Å². The van der Waals surface area contributed by atoms with E-state index in [0.717, 1.165) is 63.7 Å². The normalized spacial score (nSPS) is 14.0. The first-order valence-electron chi connectivity index (χ1n) is 12.9. The Morgan fingerprint density at radius 3 is 2.00 bits per heavy atom. The van der Waals surface area contributed by atoms with Gasteiger partial charge in [0.05, 0.1) is 30.9 Å². The van der Waals surface area contributed by atoms with Crippen molar-refractivity contribution in [2.45, 2.75) is 25.4 Å². The fourth-order valence-corrected chi connectivity index (χ4v) is 4.70. The van der Waals surface area contributed by atoms with Gasteiger partial charge in [-0.15, -0.1) is 0 Å². The van der Waals surface area contributed by atoms with Crippen LogP contribution in [0.15, 0.2) is 91.4 Å². The number of anilines is 3. The maximum absolute atomic E-state index is 12.3. The van der Waals surface area contributed by atoms with Crippen LogP contribution in [0.5, 0.6) is 0 Å². The summed E-state index contributed by atoms with van der Waals surface area (Å²) in [5, 5.41) is 9.06. The molecule has 42 heavy (non-hydrogen) atoms. The molecule has 0 atom stereocenters. The Hall–Kier alpha value is -4.99. The molecule has 3 aromatic rings. The van der Waals surface area contributed by atoms with E-state index < -0.39 is 11.7 Å². The summed E-state index contributed by atoms with van der Waals surface area (Å²) in [5.74, 6) is -0.594. The standard InChI is InChI=1S/2C11H11NO2.C10H8F3N/c1-7-5-9-6-8(11(13)14-2)3-4-10(9)12-7;1-7-6-9-8(11(13)14-2)4-3-5-10(9)12-7;1-6-4-7-2-3-8(10(11,12)13)5-9(7)14-6/h3-4,6,12H,1,5H2,2H3;3-5,12H,1,6H2,2H3;2-3,5,14H,1,4H2. The molecular formula is C32H30F3N3O4. The topological polar surface area (TPSA) is 88.7 Å². The molecule has 218 valence electrons. The van der Waals surface area contributed by atoms with Crippen molar-refractivity contribution >= 4 is 29.0 Å². The van der Waals surface area contributed by atoms with Crippen LogP contribution >= 0.6 is 0 Å². The second-order valence-electron chi connectivity index (χ2n) is 9.77. The first-order chi connectivity index (χ1) is 19.9. The number of nitrogens with one attached hydrogen (secondary N) is 3. The lowest BCUT2D eigenvalue weighted by Gasteiger charge is -2.08. The first kappa shape index (κ1) is 30.0. The highest BCUT2D eigenvalue weighted by molar-refractivity contribution is 5.94. The van der Waals surface area contributed by atoms with Gasteiger partial charge in [-0.25, -0.2) is 9.59 Å². The van der Waals surface area contributed by atoms with Gasteiger partial charge in [0, 0.05) is 53.4 Å². The highest BCUT2D eigenvalue weighted by atomic mass is 19.4. The van der Waals surface area contributed by atoms with Crippen LogP contribution in [-0.4, -0.2) is 26.2 Å². The Labute approximate surface area is 241 Å². The van der Waals surface area contributed by atoms with E-state index in [9.17, 15) is 22.8 Å². The molecular weight excluding hydrogens is 547 g/mol. The zero-order chi connectivity index (χ0) is 30.6. The quantitative estimate of drug-likeness (QED) is 0.280. The molecule has 0 spiro atoms. The number of hydrogen-bond donors (Lipinski definition) is 3. The Morgan fingerprint density at radius 1 is 0.714 bits per heavy atom. The largest absolute Gasteiger partial charge is 0.465 e. The van der Waals surface area contributed by atoms with Crippen LogP contribution in [0, 0.1) is 0 Å². The molecule has 6 rings (SSSR count). The van der Waals surface area contributed by atoms with Gasteiger partial charge in [0.2, 0.25) is 0 Å². The minimum Gasteiger partial charge on any atom is -0.465 e. The highest BCUT2D eigenvalue weighted by Gasteiger charge is 2.31. The monoisotopic (exact) mass is 577 g/mol. The number of carbonyl (C=O) groups excluding carboxylic acids is 2. The number of esters is 2. The Kier molecular flexibility index (Phi) is 8.75. The van der Waals surface area contributed by atoms with Gasteiger partial charge in [0.15, 0.2) is 0 Å². The Balaban J connectivity index is 0.000000145. The summed E-state index contributed by atoms with van der Waals surface area (Å²) in [4.78, 5) is 22.6. The van der Waals surface area contributed by atoms with E-state index in [1.807, 2.05) is 24.3 Å². The number of halogens is 3. The van der Waals surface area contributed by atoms with Crippen molar-refractivity contribution in [2.24, 2.45) is 0 Å². The summed E-state index contributed by atoms with van der Waals surface area (Å²) >= 11 is 0. The lowest BCUT2D eigenvalue weighted by atomic mass is 10.0. The smallest absolute Gasteiger partial charge is 0.416 e. The van der Waals surface area contributed by atoms with Crippen molar-refractivity contribution in [1.29, 1.82) is 0 Å². The number of rotatable bonds is 2. The molecule has 10 heteroatoms. The van der Waals surface area contributed by atoms with Crippen LogP contribution in [0.25, 0.3) is 0 Å². The number of fused-ring (bicyclic) bond motifs is 3. The van der Waals surface area contributed by atoms with Crippen LogP contribution in [-0.2, 0) is 34.9 Å². The van der Waals surface area contributed by atoms with Crippen LogP contribution in [0.3, 0.4) is 0 Å². The van der Waals surface area contributed by atoms with E-state index in [2.05, 4.69) is 40.4 Å². The van der Waals surface area contributed by atoms with Crippen LogP contribution in [0.1, 0.15) is 43.0 Å². The number of allylic oxidation sites excluding steroid dienone is 3. The van der Waals surface area contributed by atoms with Gasteiger partial charge in [-0.05, 0) is 59.2 Å². The molecule has 3 aliphatic heterocycles. The summed E-state index contributed by atoms with van der Waals surface area (Å²) in [7, 11) is 2.77. The zero-order valence-corrected chi connectivity index (χ0v) is 23.2. The average Bonchev–Trinajstić information content (AvgIpc) is 3.64. The minimum absolute atomic E-state index is 0.293. The molecule has 0 aromatic heterocycles. The lowest BCUT2D eigenvalue weighted by molar-refractivity contribution is -0.137. The number of benzene rings is 3. The summed E-state index contributed by atoms with van der Waals surface area (Å²) in [5.41, 5.74) is 8.63. The second-order valence-corrected chi connectivity index (χ2v) is 9.77. The molecule has 0 radical (unpaired) electrons. The fraction of sp³-hybridized carbons (Fsp3) is 0.188. The Morgan fingerprint density at radius 2 is 1.33 bits per heavy atom. The highest BCUT2D eigenvalue weighted by Crippen LogP contribution is 2.35. The van der Waals surface area contributed by atoms with Gasteiger partial charge in [-0.1, -0.05) is 31.9 Å². The van der Waals surface area contributed by atoms with E-state index >= 15 is 0 Å². The van der Waals surface area contributed by atoms with Crippen molar-refractivity contribution in [2.75, 3.05) is 30.2 Å². The molecule has 0 aliphatic carbocycles. The number of methoxy groups -OCH3 is 2. The third kappa shape index (κ3) is 6.83. The molecule has 3 heterocycles. The van der Waals surface area contributed by atoms with Crippen molar-refractivity contribution in [3.05, 3.63) is 125 Å². The van der Waals surface area contributed by atoms with Gasteiger partial charge >= 0.3 is 18.1 Å². The Bertz CT molecular complexity index is 1590. The lowest BCUT2D eigenvalue weighted by Crippen LogP contribution is -2.04. The maximum Gasteiger partial charge on any atom is 0.416 e. The molecule has 0 amide bonds. The van der Waals surface area contributed by atoms with Gasteiger partial charge in [0.25, 0.3) is 0 Å². The zero-order valence-electron chi connectivity index (χ0n) is 23.2. The number of ether oxygens (including phenoxy) is 2. The average molecular weight is 578 g/mol. The van der Waals surface area contributed by atoms with Gasteiger partial charge in [-0.3, -0.25) is 0 Å². The summed E-state index contributed by atoms with van der Waals surface area (Å²) in [6.07, 6.45) is -2.20. The third-order valence-corrected chi connectivity index (χ3v) is 6.68. The molecule has 0 saturated heterocycles. The van der Waals surface area contributed by atoms with Crippen LogP contribution < -0.4 is 16.0 Å². The molecule has 0 fully saturated rings. The van der Waals surface area contributed by atoms with E-state index in [4.69, 9.17) is 4.74 Å². The van der Waals surface area contributed by atoms with E-state index in [1.54, 1.807) is 12.1 Å². The third-order valence-electron chi connectivity index (χ3n) is 6.68. The number of hydrogen-bond acceptors (Lipinski definition) is 7. The molecule has 0 bridgehead atoms. The molecule has 3 aliphatic rings. The first-order valence-corrected chi connectivity index (χ1v) is 12.9. The molecule has 3 N–H and O–H groups in total. The maximum atomic E-state index is 12.3.